The Bertz CT molecular complexity index is 630. The standard InChI is InChI=1S/C15H18N2O2/c1-10(18)17-7-3-4-14-13(9-17)12-8-11(19-2)5-6-15(12)16-14/h5-6,8,16H,3-4,7,9H2,1-2H3. The number of carbonyl (C=O) groups is 1. The summed E-state index contributed by atoms with van der Waals surface area (Å²) in [6.07, 6.45) is 2.01. The number of hydrogen-bond acceptors (Lipinski definition) is 2. The third-order valence-electron chi connectivity index (χ3n) is 3.85. The van der Waals surface area contributed by atoms with E-state index >= 15 is 0 Å². The van der Waals surface area contributed by atoms with Crippen molar-refractivity contribution in [2.24, 2.45) is 0 Å². The van der Waals surface area contributed by atoms with Gasteiger partial charge in [0.2, 0.25) is 5.91 Å². The van der Waals surface area contributed by atoms with Gasteiger partial charge in [0, 0.05) is 42.2 Å². The third-order valence-corrected chi connectivity index (χ3v) is 3.85. The van der Waals surface area contributed by atoms with Crippen LogP contribution >= 0.6 is 0 Å². The monoisotopic (exact) mass is 258 g/mol. The number of rotatable bonds is 1. The van der Waals surface area contributed by atoms with Gasteiger partial charge in [-0.1, -0.05) is 0 Å². The fraction of sp³-hybridized carbons (Fsp3) is 0.400. The van der Waals surface area contributed by atoms with Crippen LogP contribution in [0.15, 0.2) is 18.2 Å². The van der Waals surface area contributed by atoms with Crippen LogP contribution in [0.4, 0.5) is 0 Å². The molecule has 1 N–H and O–H groups in total. The van der Waals surface area contributed by atoms with Gasteiger partial charge in [-0.2, -0.15) is 0 Å². The lowest BCUT2D eigenvalue weighted by Crippen LogP contribution is -2.28. The molecular weight excluding hydrogens is 240 g/mol. The van der Waals surface area contributed by atoms with Gasteiger partial charge in [0.05, 0.1) is 7.11 Å². The number of methoxy groups -OCH3 is 1. The number of nitrogens with zero attached hydrogens (tertiary/aromatic N) is 1. The van der Waals surface area contributed by atoms with Gasteiger partial charge in [-0.05, 0) is 31.0 Å². The van der Waals surface area contributed by atoms with Gasteiger partial charge >= 0.3 is 0 Å². The van der Waals surface area contributed by atoms with E-state index in [9.17, 15) is 4.79 Å². The highest BCUT2D eigenvalue weighted by Gasteiger charge is 2.20. The van der Waals surface area contributed by atoms with Gasteiger partial charge in [-0.15, -0.1) is 0 Å². The molecule has 19 heavy (non-hydrogen) atoms. The van der Waals surface area contributed by atoms with E-state index in [1.54, 1.807) is 14.0 Å². The summed E-state index contributed by atoms with van der Waals surface area (Å²) in [5.41, 5.74) is 3.62. The van der Waals surface area contributed by atoms with Gasteiger partial charge < -0.3 is 14.6 Å². The smallest absolute Gasteiger partial charge is 0.219 e. The predicted molar refractivity (Wildman–Crippen MR) is 74.3 cm³/mol. The summed E-state index contributed by atoms with van der Waals surface area (Å²) in [7, 11) is 1.67. The normalized spacial score (nSPS) is 15.2. The van der Waals surface area contributed by atoms with E-state index in [4.69, 9.17) is 4.74 Å². The molecular formula is C15H18N2O2. The Kier molecular flexibility index (Phi) is 2.93. The summed E-state index contributed by atoms with van der Waals surface area (Å²) in [5.74, 6) is 0.998. The second kappa shape index (κ2) is 4.61. The zero-order valence-electron chi connectivity index (χ0n) is 11.3. The molecule has 3 rings (SSSR count). The number of benzene rings is 1. The van der Waals surface area contributed by atoms with Crippen molar-refractivity contribution in [2.45, 2.75) is 26.3 Å². The van der Waals surface area contributed by atoms with E-state index in [1.165, 1.54) is 16.6 Å². The van der Waals surface area contributed by atoms with Gasteiger partial charge in [0.25, 0.3) is 0 Å². The number of ether oxygens (including phenoxy) is 1. The SMILES string of the molecule is COc1ccc2[nH]c3c(c2c1)CN(C(C)=O)CCC3. The van der Waals surface area contributed by atoms with E-state index in [-0.39, 0.29) is 5.91 Å². The minimum atomic E-state index is 0.144. The van der Waals surface area contributed by atoms with Crippen molar-refractivity contribution in [1.82, 2.24) is 9.88 Å². The summed E-state index contributed by atoms with van der Waals surface area (Å²) < 4.78 is 5.29. The minimum Gasteiger partial charge on any atom is -0.497 e. The molecule has 2 heterocycles. The van der Waals surface area contributed by atoms with Crippen LogP contribution in [-0.2, 0) is 17.8 Å². The Morgan fingerprint density at radius 2 is 2.26 bits per heavy atom. The van der Waals surface area contributed by atoms with Crippen LogP contribution in [0.1, 0.15) is 24.6 Å². The number of H-pyrrole nitrogens is 1. The maximum atomic E-state index is 11.6. The molecule has 0 aliphatic carbocycles. The maximum Gasteiger partial charge on any atom is 0.219 e. The second-order valence-corrected chi connectivity index (χ2v) is 5.04. The summed E-state index contributed by atoms with van der Waals surface area (Å²) in [6, 6.07) is 6.05. The van der Waals surface area contributed by atoms with Crippen LogP contribution < -0.4 is 4.74 Å². The molecule has 0 atom stereocenters. The number of aromatic nitrogens is 1. The van der Waals surface area contributed by atoms with E-state index in [0.717, 1.165) is 30.7 Å². The van der Waals surface area contributed by atoms with Crippen molar-refractivity contribution in [3.8, 4) is 5.75 Å². The molecule has 1 aromatic heterocycles. The highest BCUT2D eigenvalue weighted by Crippen LogP contribution is 2.30. The number of hydrogen-bond donors (Lipinski definition) is 1. The molecule has 0 fully saturated rings. The highest BCUT2D eigenvalue weighted by atomic mass is 16.5. The Morgan fingerprint density at radius 3 is 3.00 bits per heavy atom. The number of nitrogens with one attached hydrogen (secondary N) is 1. The average molecular weight is 258 g/mol. The van der Waals surface area contributed by atoms with Crippen LogP contribution in [0, 0.1) is 0 Å². The molecule has 0 spiro atoms. The third kappa shape index (κ3) is 2.07. The molecule has 4 heteroatoms. The molecule has 1 aliphatic heterocycles. The number of fused-ring (bicyclic) bond motifs is 3. The molecule has 0 radical (unpaired) electrons. The first-order valence-corrected chi connectivity index (χ1v) is 6.62. The fourth-order valence-electron chi connectivity index (χ4n) is 2.79. The minimum absolute atomic E-state index is 0.144. The molecule has 2 aromatic rings. The molecule has 0 saturated carbocycles. The lowest BCUT2D eigenvalue weighted by atomic mass is 10.1. The fourth-order valence-corrected chi connectivity index (χ4v) is 2.79. The van der Waals surface area contributed by atoms with Crippen LogP contribution in [0.2, 0.25) is 0 Å². The van der Waals surface area contributed by atoms with Crippen molar-refractivity contribution in [2.75, 3.05) is 13.7 Å². The van der Waals surface area contributed by atoms with Gasteiger partial charge in [0.15, 0.2) is 0 Å². The van der Waals surface area contributed by atoms with Crippen LogP contribution in [0.3, 0.4) is 0 Å². The van der Waals surface area contributed by atoms with Crippen molar-refractivity contribution < 1.29 is 9.53 Å². The predicted octanol–water partition coefficient (Wildman–Crippen LogP) is 2.47. The van der Waals surface area contributed by atoms with Gasteiger partial charge in [-0.3, -0.25) is 4.79 Å². The van der Waals surface area contributed by atoms with Gasteiger partial charge in [0.1, 0.15) is 5.75 Å². The summed E-state index contributed by atoms with van der Waals surface area (Å²) in [6.45, 7) is 3.17. The number of aryl methyl sites for hydroxylation is 1. The van der Waals surface area contributed by atoms with E-state index in [0.29, 0.717) is 6.54 Å². The first-order valence-electron chi connectivity index (χ1n) is 6.62. The maximum absolute atomic E-state index is 11.6. The first kappa shape index (κ1) is 12.1. The summed E-state index contributed by atoms with van der Waals surface area (Å²) in [5, 5.41) is 1.17. The van der Waals surface area contributed by atoms with E-state index in [2.05, 4.69) is 4.98 Å². The molecule has 1 aromatic carbocycles. The van der Waals surface area contributed by atoms with Crippen molar-refractivity contribution in [3.63, 3.8) is 0 Å². The number of carbonyl (C=O) groups excluding carboxylic acids is 1. The van der Waals surface area contributed by atoms with Crippen molar-refractivity contribution in [3.05, 3.63) is 29.5 Å². The number of amides is 1. The topological polar surface area (TPSA) is 45.3 Å². The Hall–Kier alpha value is -1.97. The molecule has 4 nitrogen and oxygen atoms in total. The van der Waals surface area contributed by atoms with Gasteiger partial charge in [-0.25, -0.2) is 0 Å². The average Bonchev–Trinajstić information content (AvgIpc) is 2.60. The quantitative estimate of drug-likeness (QED) is 0.854. The Morgan fingerprint density at radius 1 is 1.42 bits per heavy atom. The lowest BCUT2D eigenvalue weighted by molar-refractivity contribution is -0.129. The zero-order valence-corrected chi connectivity index (χ0v) is 11.3. The summed E-state index contributed by atoms with van der Waals surface area (Å²) in [4.78, 5) is 17.0. The van der Waals surface area contributed by atoms with Crippen LogP contribution in [0.25, 0.3) is 10.9 Å². The van der Waals surface area contributed by atoms with E-state index < -0.39 is 0 Å². The van der Waals surface area contributed by atoms with Crippen LogP contribution in [-0.4, -0.2) is 29.4 Å². The lowest BCUT2D eigenvalue weighted by Gasteiger charge is -2.18. The second-order valence-electron chi connectivity index (χ2n) is 5.04. The van der Waals surface area contributed by atoms with Crippen molar-refractivity contribution in [1.29, 1.82) is 0 Å². The van der Waals surface area contributed by atoms with E-state index in [1.807, 2.05) is 23.1 Å². The Labute approximate surface area is 112 Å². The summed E-state index contributed by atoms with van der Waals surface area (Å²) >= 11 is 0. The van der Waals surface area contributed by atoms with Crippen molar-refractivity contribution >= 4 is 16.8 Å². The molecule has 100 valence electrons. The molecule has 1 aliphatic rings. The molecule has 1 amide bonds. The Balaban J connectivity index is 2.11. The number of aromatic amines is 1. The zero-order chi connectivity index (χ0) is 13.4. The highest BCUT2D eigenvalue weighted by molar-refractivity contribution is 5.86. The molecule has 0 saturated heterocycles. The largest absolute Gasteiger partial charge is 0.497 e. The molecule has 0 unspecified atom stereocenters. The molecule has 0 bridgehead atoms. The first-order chi connectivity index (χ1) is 9.19. The van der Waals surface area contributed by atoms with Crippen LogP contribution in [0.5, 0.6) is 5.75 Å².